The standard InChI is InChI=1S/C16H15F5N2O3S/c17-9-10(18)12(20)15(13(21)11(9)19)26-8(24)4-2-1-3-7-14-6(5-27-7)22-16(25)23-14/h6-7,14H,1-5H2,(H2,22,23,25)/t6-,7?,14-/m1/s1. The van der Waals surface area contributed by atoms with Gasteiger partial charge in [-0.15, -0.1) is 0 Å². The molecule has 1 aromatic rings. The van der Waals surface area contributed by atoms with Gasteiger partial charge in [-0.2, -0.15) is 20.5 Å². The maximum absolute atomic E-state index is 13.5. The summed E-state index contributed by atoms with van der Waals surface area (Å²) in [6.45, 7) is 0. The molecule has 2 N–H and O–H groups in total. The highest BCUT2D eigenvalue weighted by atomic mass is 32.2. The average Bonchev–Trinajstić information content (AvgIpc) is 3.18. The summed E-state index contributed by atoms with van der Waals surface area (Å²) >= 11 is 1.69. The van der Waals surface area contributed by atoms with Crippen LogP contribution in [0.5, 0.6) is 5.75 Å². The number of esters is 1. The number of urea groups is 1. The molecule has 2 aliphatic heterocycles. The minimum Gasteiger partial charge on any atom is -0.420 e. The fourth-order valence-electron chi connectivity index (χ4n) is 3.10. The highest BCUT2D eigenvalue weighted by Gasteiger charge is 2.42. The van der Waals surface area contributed by atoms with Gasteiger partial charge in [0.1, 0.15) is 0 Å². The molecule has 2 aliphatic rings. The fourth-order valence-corrected chi connectivity index (χ4v) is 4.64. The Morgan fingerprint density at radius 2 is 1.63 bits per heavy atom. The van der Waals surface area contributed by atoms with Crippen molar-refractivity contribution in [2.45, 2.75) is 43.0 Å². The van der Waals surface area contributed by atoms with Crippen LogP contribution in [-0.4, -0.2) is 35.1 Å². The van der Waals surface area contributed by atoms with Crippen LogP contribution in [0.3, 0.4) is 0 Å². The van der Waals surface area contributed by atoms with E-state index in [9.17, 15) is 31.5 Å². The Morgan fingerprint density at radius 3 is 2.30 bits per heavy atom. The first-order valence-electron chi connectivity index (χ1n) is 8.20. The Hall–Kier alpha value is -2.04. The van der Waals surface area contributed by atoms with Gasteiger partial charge in [-0.05, 0) is 12.8 Å². The number of fused-ring (bicyclic) bond motifs is 1. The van der Waals surface area contributed by atoms with E-state index < -0.39 is 40.8 Å². The number of nitrogens with one attached hydrogen (secondary N) is 2. The molecule has 2 saturated heterocycles. The third kappa shape index (κ3) is 3.97. The van der Waals surface area contributed by atoms with Crippen LogP contribution in [0.4, 0.5) is 26.7 Å². The van der Waals surface area contributed by atoms with E-state index in [4.69, 9.17) is 0 Å². The van der Waals surface area contributed by atoms with E-state index in [0.29, 0.717) is 19.3 Å². The number of amides is 2. The predicted octanol–water partition coefficient (Wildman–Crippen LogP) is 3.01. The second kappa shape index (κ2) is 7.91. The van der Waals surface area contributed by atoms with Crippen LogP contribution >= 0.6 is 11.8 Å². The molecule has 2 heterocycles. The number of unbranched alkanes of at least 4 members (excludes halogenated alkanes) is 1. The molecular weight excluding hydrogens is 395 g/mol. The molecule has 5 nitrogen and oxygen atoms in total. The van der Waals surface area contributed by atoms with Crippen molar-refractivity contribution in [2.75, 3.05) is 5.75 Å². The summed E-state index contributed by atoms with van der Waals surface area (Å²) < 4.78 is 70.4. The van der Waals surface area contributed by atoms with Crippen LogP contribution in [0.15, 0.2) is 0 Å². The summed E-state index contributed by atoms with van der Waals surface area (Å²) in [7, 11) is 0. The Kier molecular flexibility index (Phi) is 5.78. The molecule has 0 saturated carbocycles. The largest absolute Gasteiger partial charge is 0.420 e. The maximum Gasteiger partial charge on any atom is 0.315 e. The number of thioether (sulfide) groups is 1. The molecule has 11 heteroatoms. The third-order valence-electron chi connectivity index (χ3n) is 4.44. The molecule has 0 spiro atoms. The molecule has 0 aromatic heterocycles. The molecular formula is C16H15F5N2O3S. The van der Waals surface area contributed by atoms with Crippen LogP contribution in [0.25, 0.3) is 0 Å². The van der Waals surface area contributed by atoms with Crippen molar-refractivity contribution in [3.63, 3.8) is 0 Å². The lowest BCUT2D eigenvalue weighted by Crippen LogP contribution is -2.36. The summed E-state index contributed by atoms with van der Waals surface area (Å²) in [5.41, 5.74) is 0. The van der Waals surface area contributed by atoms with E-state index in [1.54, 1.807) is 11.8 Å². The van der Waals surface area contributed by atoms with E-state index >= 15 is 0 Å². The minimum atomic E-state index is -2.31. The maximum atomic E-state index is 13.5. The van der Waals surface area contributed by atoms with Crippen LogP contribution in [0, 0.1) is 29.1 Å². The molecule has 3 atom stereocenters. The molecule has 2 amide bonds. The van der Waals surface area contributed by atoms with Gasteiger partial charge in [0.2, 0.25) is 34.8 Å². The van der Waals surface area contributed by atoms with Crippen LogP contribution in [0.2, 0.25) is 0 Å². The lowest BCUT2D eigenvalue weighted by atomic mass is 10.0. The van der Waals surface area contributed by atoms with Gasteiger partial charge in [-0.25, -0.2) is 18.0 Å². The first-order chi connectivity index (χ1) is 12.8. The number of ether oxygens (including phenoxy) is 1. The molecule has 1 aromatic carbocycles. The van der Waals surface area contributed by atoms with Gasteiger partial charge in [0, 0.05) is 17.4 Å². The number of rotatable bonds is 6. The molecule has 0 aliphatic carbocycles. The molecule has 0 bridgehead atoms. The molecule has 3 rings (SSSR count). The molecule has 2 fully saturated rings. The first kappa shape index (κ1) is 19.7. The van der Waals surface area contributed by atoms with Crippen molar-refractivity contribution in [2.24, 2.45) is 0 Å². The number of carbonyl (C=O) groups excluding carboxylic acids is 2. The Bertz CT molecular complexity index is 750. The Labute approximate surface area is 155 Å². The van der Waals surface area contributed by atoms with Crippen LogP contribution in [0.1, 0.15) is 25.7 Å². The van der Waals surface area contributed by atoms with E-state index in [2.05, 4.69) is 15.4 Å². The number of carbonyl (C=O) groups is 2. The second-order valence-corrected chi connectivity index (χ2v) is 7.51. The molecule has 1 unspecified atom stereocenters. The summed E-state index contributed by atoms with van der Waals surface area (Å²) in [4.78, 5) is 23.0. The zero-order valence-electron chi connectivity index (χ0n) is 13.8. The molecule has 148 valence electrons. The number of benzene rings is 1. The smallest absolute Gasteiger partial charge is 0.315 e. The van der Waals surface area contributed by atoms with Crippen molar-refractivity contribution in [3.8, 4) is 5.75 Å². The zero-order chi connectivity index (χ0) is 19.7. The molecule has 0 radical (unpaired) electrons. The van der Waals surface area contributed by atoms with E-state index in [-0.39, 0.29) is 29.8 Å². The average molecular weight is 410 g/mol. The van der Waals surface area contributed by atoms with Gasteiger partial charge < -0.3 is 15.4 Å². The lowest BCUT2D eigenvalue weighted by Gasteiger charge is -2.16. The summed E-state index contributed by atoms with van der Waals surface area (Å²) in [6, 6.07) is -0.115. The zero-order valence-corrected chi connectivity index (χ0v) is 14.6. The van der Waals surface area contributed by atoms with Gasteiger partial charge in [0.15, 0.2) is 0 Å². The van der Waals surface area contributed by atoms with Gasteiger partial charge in [0.25, 0.3) is 0 Å². The number of hydrogen-bond donors (Lipinski definition) is 2. The topological polar surface area (TPSA) is 67.4 Å². The van der Waals surface area contributed by atoms with Crippen molar-refractivity contribution in [1.82, 2.24) is 10.6 Å². The Morgan fingerprint density at radius 1 is 1.00 bits per heavy atom. The van der Waals surface area contributed by atoms with Crippen molar-refractivity contribution in [3.05, 3.63) is 29.1 Å². The summed E-state index contributed by atoms with van der Waals surface area (Å²) in [5.74, 6) is -12.9. The monoisotopic (exact) mass is 410 g/mol. The van der Waals surface area contributed by atoms with Gasteiger partial charge in [-0.3, -0.25) is 4.79 Å². The van der Waals surface area contributed by atoms with E-state index in [0.717, 1.165) is 5.75 Å². The quantitative estimate of drug-likeness (QED) is 0.144. The normalized spacial score (nSPS) is 23.7. The highest BCUT2D eigenvalue weighted by molar-refractivity contribution is 8.00. The lowest BCUT2D eigenvalue weighted by molar-refractivity contribution is -0.135. The van der Waals surface area contributed by atoms with Gasteiger partial charge >= 0.3 is 12.0 Å². The SMILES string of the molecule is O=C1N[C@@H]2CSC(CCCCC(=O)Oc3c(F)c(F)c(F)c(F)c3F)[C@@H]2N1. The second-order valence-electron chi connectivity index (χ2n) is 6.24. The number of hydrogen-bond acceptors (Lipinski definition) is 4. The van der Waals surface area contributed by atoms with E-state index in [1.807, 2.05) is 0 Å². The first-order valence-corrected chi connectivity index (χ1v) is 9.25. The number of halogens is 5. The summed E-state index contributed by atoms with van der Waals surface area (Å²) in [6.07, 6.45) is 1.34. The van der Waals surface area contributed by atoms with Crippen molar-refractivity contribution >= 4 is 23.8 Å². The van der Waals surface area contributed by atoms with Crippen LogP contribution < -0.4 is 15.4 Å². The van der Waals surface area contributed by atoms with Gasteiger partial charge in [0.05, 0.1) is 12.1 Å². The van der Waals surface area contributed by atoms with E-state index in [1.165, 1.54) is 0 Å². The third-order valence-corrected chi connectivity index (χ3v) is 5.95. The fraction of sp³-hybridized carbons (Fsp3) is 0.500. The predicted molar refractivity (Wildman–Crippen MR) is 85.8 cm³/mol. The highest BCUT2D eigenvalue weighted by Crippen LogP contribution is 2.33. The summed E-state index contributed by atoms with van der Waals surface area (Å²) in [5, 5.41) is 5.81. The van der Waals surface area contributed by atoms with Crippen molar-refractivity contribution < 1.29 is 36.3 Å². The van der Waals surface area contributed by atoms with Crippen molar-refractivity contribution in [1.29, 1.82) is 0 Å². The molecule has 27 heavy (non-hydrogen) atoms. The van der Waals surface area contributed by atoms with Crippen LogP contribution in [-0.2, 0) is 4.79 Å². The Balaban J connectivity index is 1.48. The van der Waals surface area contributed by atoms with Gasteiger partial charge in [-0.1, -0.05) is 6.42 Å². The minimum absolute atomic E-state index is 0.0165.